The number of hydrogen-bond acceptors (Lipinski definition) is 0. The van der Waals surface area contributed by atoms with Crippen molar-refractivity contribution in [1.29, 1.82) is 0 Å². The lowest BCUT2D eigenvalue weighted by Gasteiger charge is -2.10. The van der Waals surface area contributed by atoms with Gasteiger partial charge in [0.15, 0.2) is 0 Å². The van der Waals surface area contributed by atoms with E-state index in [1.54, 1.807) is 0 Å². The van der Waals surface area contributed by atoms with E-state index in [-0.39, 0.29) is 0 Å². The van der Waals surface area contributed by atoms with Gasteiger partial charge in [-0.3, -0.25) is 0 Å². The van der Waals surface area contributed by atoms with Crippen molar-refractivity contribution in [2.45, 2.75) is 0 Å². The second-order valence-corrected chi connectivity index (χ2v) is 13.8. The number of rotatable bonds is 4. The SMILES string of the molecule is Cn1c2ccc(-c3ccc4c(c3)c3ccccc3n4-c3ccccc3)cc2c2c(-c3ccc4c5ccccc5n(-c5ccccc5)c4c3)cccc21. The van der Waals surface area contributed by atoms with Gasteiger partial charge in [0.2, 0.25) is 0 Å². The van der Waals surface area contributed by atoms with Gasteiger partial charge in [-0.2, -0.15) is 0 Å². The van der Waals surface area contributed by atoms with Gasteiger partial charge in [-0.25, -0.2) is 0 Å². The molecule has 0 aliphatic rings. The highest BCUT2D eigenvalue weighted by Gasteiger charge is 2.18. The first-order chi connectivity index (χ1) is 25.7. The Balaban J connectivity index is 1.12. The Bertz CT molecular complexity index is 3180. The zero-order valence-corrected chi connectivity index (χ0v) is 28.7. The van der Waals surface area contributed by atoms with E-state index in [9.17, 15) is 0 Å². The van der Waals surface area contributed by atoms with Crippen molar-refractivity contribution in [2.24, 2.45) is 7.05 Å². The van der Waals surface area contributed by atoms with E-state index in [4.69, 9.17) is 0 Å². The maximum absolute atomic E-state index is 2.40. The summed E-state index contributed by atoms with van der Waals surface area (Å²) in [5, 5.41) is 7.61. The number of benzene rings is 8. The van der Waals surface area contributed by atoms with Crippen LogP contribution in [0.2, 0.25) is 0 Å². The first-order valence-corrected chi connectivity index (χ1v) is 17.9. The first-order valence-electron chi connectivity index (χ1n) is 17.9. The molecule has 0 spiro atoms. The van der Waals surface area contributed by atoms with E-state index in [1.807, 2.05) is 0 Å². The molecule has 0 bridgehead atoms. The van der Waals surface area contributed by atoms with Crippen LogP contribution in [0.5, 0.6) is 0 Å². The fourth-order valence-corrected chi connectivity index (χ4v) is 8.68. The molecule has 0 saturated heterocycles. The summed E-state index contributed by atoms with van der Waals surface area (Å²) in [5.74, 6) is 0. The fraction of sp³-hybridized carbons (Fsp3) is 0.0204. The molecule has 0 atom stereocenters. The normalized spacial score (nSPS) is 11.9. The lowest BCUT2D eigenvalue weighted by atomic mass is 9.96. The maximum Gasteiger partial charge on any atom is 0.0547 e. The van der Waals surface area contributed by atoms with Gasteiger partial charge in [-0.15, -0.1) is 0 Å². The molecule has 0 saturated carbocycles. The maximum atomic E-state index is 2.40. The van der Waals surface area contributed by atoms with Gasteiger partial charge >= 0.3 is 0 Å². The topological polar surface area (TPSA) is 14.8 Å². The molecule has 244 valence electrons. The van der Waals surface area contributed by atoms with Crippen molar-refractivity contribution in [2.75, 3.05) is 0 Å². The molecule has 3 nitrogen and oxygen atoms in total. The van der Waals surface area contributed by atoms with Crippen LogP contribution in [0, 0.1) is 0 Å². The largest absolute Gasteiger partial charge is 0.344 e. The summed E-state index contributed by atoms with van der Waals surface area (Å²) in [6.45, 7) is 0. The van der Waals surface area contributed by atoms with Gasteiger partial charge in [0.1, 0.15) is 0 Å². The summed E-state index contributed by atoms with van der Waals surface area (Å²) >= 11 is 0. The minimum atomic E-state index is 1.17. The number of aryl methyl sites for hydroxylation is 1. The Hall–Kier alpha value is -6.84. The summed E-state index contributed by atoms with van der Waals surface area (Å²) in [7, 11) is 2.19. The highest BCUT2D eigenvalue weighted by atomic mass is 15.0. The standard InChI is InChI=1S/C49H33N3/c1-50-43-27-24-33(32-25-28-46-41(29-32)39-18-9-11-21-45(39)51(46)35-13-4-2-5-14-35)30-42(43)49-37(19-12-22-47(49)50)34-23-26-40-38-17-8-10-20-44(38)52(48(40)31-34)36-15-6-3-7-16-36/h2-31H,1H3. The molecule has 3 aromatic heterocycles. The van der Waals surface area contributed by atoms with Gasteiger partial charge in [0, 0.05) is 61.8 Å². The molecule has 11 aromatic rings. The van der Waals surface area contributed by atoms with Crippen LogP contribution >= 0.6 is 0 Å². The molecule has 11 rings (SSSR count). The average molecular weight is 664 g/mol. The van der Waals surface area contributed by atoms with Gasteiger partial charge in [0.25, 0.3) is 0 Å². The van der Waals surface area contributed by atoms with Gasteiger partial charge in [-0.1, -0.05) is 109 Å². The Morgan fingerprint density at radius 3 is 1.50 bits per heavy atom. The predicted octanol–water partition coefficient (Wildman–Crippen LogP) is 12.9. The predicted molar refractivity (Wildman–Crippen MR) is 220 cm³/mol. The van der Waals surface area contributed by atoms with Crippen LogP contribution in [0.3, 0.4) is 0 Å². The van der Waals surface area contributed by atoms with E-state index in [1.165, 1.54) is 99.0 Å². The summed E-state index contributed by atoms with van der Waals surface area (Å²) in [4.78, 5) is 0. The van der Waals surface area contributed by atoms with E-state index in [2.05, 4.69) is 203 Å². The summed E-state index contributed by atoms with van der Waals surface area (Å²) in [6.07, 6.45) is 0. The molecule has 0 aliphatic heterocycles. The van der Waals surface area contributed by atoms with Crippen molar-refractivity contribution in [3.63, 3.8) is 0 Å². The second-order valence-electron chi connectivity index (χ2n) is 13.8. The Kier molecular flexibility index (Phi) is 6.17. The van der Waals surface area contributed by atoms with Crippen LogP contribution < -0.4 is 0 Å². The summed E-state index contributed by atoms with van der Waals surface area (Å²) in [5.41, 5.74) is 14.6. The van der Waals surface area contributed by atoms with Crippen LogP contribution in [0.15, 0.2) is 182 Å². The molecule has 0 aliphatic carbocycles. The van der Waals surface area contributed by atoms with Crippen molar-refractivity contribution in [3.05, 3.63) is 182 Å². The van der Waals surface area contributed by atoms with Crippen molar-refractivity contribution < 1.29 is 0 Å². The Morgan fingerprint density at radius 1 is 0.308 bits per heavy atom. The quantitative estimate of drug-likeness (QED) is 0.178. The van der Waals surface area contributed by atoms with Crippen LogP contribution in [0.25, 0.3) is 99.0 Å². The molecule has 3 heterocycles. The highest BCUT2D eigenvalue weighted by molar-refractivity contribution is 6.17. The molecule has 52 heavy (non-hydrogen) atoms. The fourth-order valence-electron chi connectivity index (χ4n) is 8.68. The highest BCUT2D eigenvalue weighted by Crippen LogP contribution is 2.41. The van der Waals surface area contributed by atoms with E-state index in [0.29, 0.717) is 0 Å². The summed E-state index contributed by atoms with van der Waals surface area (Å²) in [6, 6.07) is 66.5. The minimum Gasteiger partial charge on any atom is -0.344 e. The molecule has 0 radical (unpaired) electrons. The molecular formula is C49H33N3. The third-order valence-electron chi connectivity index (χ3n) is 11.1. The van der Waals surface area contributed by atoms with Gasteiger partial charge < -0.3 is 13.7 Å². The monoisotopic (exact) mass is 663 g/mol. The van der Waals surface area contributed by atoms with Crippen LogP contribution in [0.1, 0.15) is 0 Å². The number of aromatic nitrogens is 3. The number of nitrogens with zero attached hydrogens (tertiary/aromatic N) is 3. The van der Waals surface area contributed by atoms with Crippen LogP contribution in [-0.4, -0.2) is 13.7 Å². The molecule has 0 unspecified atom stereocenters. The van der Waals surface area contributed by atoms with E-state index >= 15 is 0 Å². The second kappa shape index (κ2) is 11.1. The smallest absolute Gasteiger partial charge is 0.0547 e. The van der Waals surface area contributed by atoms with E-state index < -0.39 is 0 Å². The third kappa shape index (κ3) is 4.14. The molecule has 0 N–H and O–H groups in total. The molecular weight excluding hydrogens is 631 g/mol. The zero-order valence-electron chi connectivity index (χ0n) is 28.7. The van der Waals surface area contributed by atoms with E-state index in [0.717, 1.165) is 0 Å². The van der Waals surface area contributed by atoms with Crippen LogP contribution in [0.4, 0.5) is 0 Å². The average Bonchev–Trinajstić information content (AvgIpc) is 3.83. The molecule has 3 heteroatoms. The van der Waals surface area contributed by atoms with Crippen LogP contribution in [-0.2, 0) is 7.05 Å². The lowest BCUT2D eigenvalue weighted by Crippen LogP contribution is -1.93. The third-order valence-corrected chi connectivity index (χ3v) is 11.1. The van der Waals surface area contributed by atoms with Crippen molar-refractivity contribution >= 4 is 65.4 Å². The van der Waals surface area contributed by atoms with Crippen molar-refractivity contribution in [3.8, 4) is 33.6 Å². The minimum absolute atomic E-state index is 1.17. The molecule has 0 amide bonds. The Labute approximate surface area is 300 Å². The van der Waals surface area contributed by atoms with Gasteiger partial charge in [-0.05, 0) is 95.1 Å². The van der Waals surface area contributed by atoms with Crippen molar-refractivity contribution in [1.82, 2.24) is 13.7 Å². The number of fused-ring (bicyclic) bond motifs is 9. The van der Waals surface area contributed by atoms with Gasteiger partial charge in [0.05, 0.1) is 22.1 Å². The lowest BCUT2D eigenvalue weighted by molar-refractivity contribution is 1.01. The first kappa shape index (κ1) is 28.9. The number of para-hydroxylation sites is 4. The summed E-state index contributed by atoms with van der Waals surface area (Å²) < 4.78 is 7.12. The molecule has 8 aromatic carbocycles. The number of hydrogen-bond donors (Lipinski definition) is 0. The zero-order chi connectivity index (χ0) is 34.3. The molecule has 0 fully saturated rings. The Morgan fingerprint density at radius 2 is 0.808 bits per heavy atom.